The third-order valence-corrected chi connectivity index (χ3v) is 5.11. The molecule has 2 aromatic carbocycles. The molecule has 1 heterocycles. The zero-order chi connectivity index (χ0) is 26.9. The Balaban J connectivity index is 0.000000450. The molecule has 1 aliphatic rings. The topological polar surface area (TPSA) is 168 Å². The first-order chi connectivity index (χ1) is 17.1. The van der Waals surface area contributed by atoms with E-state index >= 15 is 0 Å². The Bertz CT molecular complexity index is 900. The first-order valence-corrected chi connectivity index (χ1v) is 11.3. The summed E-state index contributed by atoms with van der Waals surface area (Å²) >= 11 is 0. The number of rotatable bonds is 7. The van der Waals surface area contributed by atoms with Crippen LogP contribution < -0.4 is 5.32 Å². The molecule has 0 saturated carbocycles. The standard InChI is InChI=1S/C21H29N3.2C2H2O4/c1-19(22-21-10-6-3-7-11-21)18-24-16-14-23(15-17-24)13-12-20-8-4-2-5-9-20;2*3-1(4)2(5)6/h2-11,19,22H,12-18H2,1H3;2*(H,3,4)(H,5,6). The Labute approximate surface area is 209 Å². The number of nitrogens with one attached hydrogen (secondary N) is 1. The summed E-state index contributed by atoms with van der Waals surface area (Å²) in [6.45, 7) is 9.28. The van der Waals surface area contributed by atoms with Crippen LogP contribution in [-0.2, 0) is 25.6 Å². The fraction of sp³-hybridized carbons (Fsp3) is 0.360. The van der Waals surface area contributed by atoms with E-state index in [2.05, 4.69) is 82.7 Å². The van der Waals surface area contributed by atoms with Gasteiger partial charge in [-0.3, -0.25) is 4.90 Å². The number of aliphatic carboxylic acids is 4. The van der Waals surface area contributed by atoms with E-state index in [1.807, 2.05) is 0 Å². The van der Waals surface area contributed by atoms with Crippen molar-refractivity contribution in [2.45, 2.75) is 19.4 Å². The number of para-hydroxylation sites is 1. The van der Waals surface area contributed by atoms with Crippen molar-refractivity contribution in [3.8, 4) is 0 Å². The molecule has 0 aromatic heterocycles. The Kier molecular flexibility index (Phi) is 13.9. The molecule has 1 atom stereocenters. The van der Waals surface area contributed by atoms with Gasteiger partial charge in [0, 0.05) is 51.0 Å². The predicted molar refractivity (Wildman–Crippen MR) is 133 cm³/mol. The van der Waals surface area contributed by atoms with Crippen molar-refractivity contribution in [3.05, 3.63) is 66.2 Å². The summed E-state index contributed by atoms with van der Waals surface area (Å²) in [7, 11) is 0. The van der Waals surface area contributed by atoms with Gasteiger partial charge in [0.25, 0.3) is 0 Å². The largest absolute Gasteiger partial charge is 0.473 e. The summed E-state index contributed by atoms with van der Waals surface area (Å²) in [6.07, 6.45) is 1.16. The molecule has 5 N–H and O–H groups in total. The zero-order valence-electron chi connectivity index (χ0n) is 20.1. The van der Waals surface area contributed by atoms with Crippen LogP contribution in [0.25, 0.3) is 0 Å². The van der Waals surface area contributed by atoms with Crippen LogP contribution in [0.15, 0.2) is 60.7 Å². The first-order valence-electron chi connectivity index (χ1n) is 11.3. The molecule has 1 unspecified atom stereocenters. The molecule has 0 aliphatic carbocycles. The summed E-state index contributed by atoms with van der Waals surface area (Å²) in [5.41, 5.74) is 2.66. The van der Waals surface area contributed by atoms with Crippen LogP contribution in [0.1, 0.15) is 12.5 Å². The van der Waals surface area contributed by atoms with E-state index < -0.39 is 23.9 Å². The minimum Gasteiger partial charge on any atom is -0.473 e. The summed E-state index contributed by atoms with van der Waals surface area (Å²) in [4.78, 5) is 41.6. The van der Waals surface area contributed by atoms with Crippen molar-refractivity contribution in [2.24, 2.45) is 0 Å². The van der Waals surface area contributed by atoms with Crippen molar-refractivity contribution in [1.82, 2.24) is 9.80 Å². The summed E-state index contributed by atoms with van der Waals surface area (Å²) in [5, 5.41) is 33.2. The number of hydrogen-bond acceptors (Lipinski definition) is 7. The van der Waals surface area contributed by atoms with Crippen LogP contribution in [0.4, 0.5) is 5.69 Å². The number of carboxylic acids is 4. The van der Waals surface area contributed by atoms with Gasteiger partial charge in [-0.25, -0.2) is 19.2 Å². The van der Waals surface area contributed by atoms with Crippen molar-refractivity contribution < 1.29 is 39.6 Å². The molecule has 0 bridgehead atoms. The van der Waals surface area contributed by atoms with Gasteiger partial charge in [-0.15, -0.1) is 0 Å². The lowest BCUT2D eigenvalue weighted by molar-refractivity contribution is -0.159. The number of hydrogen-bond donors (Lipinski definition) is 5. The third-order valence-electron chi connectivity index (χ3n) is 5.11. The Morgan fingerprint density at radius 1 is 0.722 bits per heavy atom. The fourth-order valence-corrected chi connectivity index (χ4v) is 3.38. The Morgan fingerprint density at radius 2 is 1.14 bits per heavy atom. The molecule has 11 heteroatoms. The van der Waals surface area contributed by atoms with Crippen LogP contribution in [-0.4, -0.2) is 99.4 Å². The molecule has 0 amide bonds. The van der Waals surface area contributed by atoms with Crippen LogP contribution in [0, 0.1) is 0 Å². The smallest absolute Gasteiger partial charge is 0.414 e. The number of piperazine rings is 1. The second-order valence-corrected chi connectivity index (χ2v) is 8.01. The second kappa shape index (κ2) is 16.6. The van der Waals surface area contributed by atoms with Gasteiger partial charge in [0.2, 0.25) is 0 Å². The lowest BCUT2D eigenvalue weighted by atomic mass is 10.1. The van der Waals surface area contributed by atoms with Gasteiger partial charge >= 0.3 is 23.9 Å². The van der Waals surface area contributed by atoms with Gasteiger partial charge in [-0.1, -0.05) is 48.5 Å². The highest BCUT2D eigenvalue weighted by Crippen LogP contribution is 2.10. The van der Waals surface area contributed by atoms with Gasteiger partial charge in [-0.05, 0) is 31.0 Å². The minimum absolute atomic E-state index is 0.475. The van der Waals surface area contributed by atoms with E-state index in [1.54, 1.807) is 0 Å². The van der Waals surface area contributed by atoms with Crippen LogP contribution in [0.3, 0.4) is 0 Å². The number of carboxylic acid groups (broad SMARTS) is 4. The van der Waals surface area contributed by atoms with Crippen molar-refractivity contribution in [2.75, 3.05) is 44.6 Å². The van der Waals surface area contributed by atoms with Crippen molar-refractivity contribution in [3.63, 3.8) is 0 Å². The van der Waals surface area contributed by atoms with E-state index in [1.165, 1.54) is 44.0 Å². The normalized spacial score (nSPS) is 14.1. The molecule has 1 aliphatic heterocycles. The van der Waals surface area contributed by atoms with E-state index in [-0.39, 0.29) is 0 Å². The number of nitrogens with zero attached hydrogens (tertiary/aromatic N) is 2. The van der Waals surface area contributed by atoms with Crippen molar-refractivity contribution in [1.29, 1.82) is 0 Å². The van der Waals surface area contributed by atoms with Crippen LogP contribution >= 0.6 is 0 Å². The lowest BCUT2D eigenvalue weighted by Crippen LogP contribution is -2.49. The van der Waals surface area contributed by atoms with Gasteiger partial charge in [0.05, 0.1) is 0 Å². The molecule has 36 heavy (non-hydrogen) atoms. The Morgan fingerprint density at radius 3 is 1.58 bits per heavy atom. The summed E-state index contributed by atoms with van der Waals surface area (Å²) in [5.74, 6) is -7.30. The molecule has 2 aromatic rings. The number of anilines is 1. The molecule has 0 spiro atoms. The van der Waals surface area contributed by atoms with E-state index in [0.29, 0.717) is 6.04 Å². The average molecular weight is 504 g/mol. The number of carbonyl (C=O) groups is 4. The molecule has 196 valence electrons. The van der Waals surface area contributed by atoms with E-state index in [9.17, 15) is 0 Å². The molecule has 3 rings (SSSR count). The van der Waals surface area contributed by atoms with Crippen LogP contribution in [0.2, 0.25) is 0 Å². The molecular formula is C25H33N3O8. The maximum absolute atomic E-state index is 9.10. The van der Waals surface area contributed by atoms with Crippen LogP contribution in [0.5, 0.6) is 0 Å². The molecule has 0 radical (unpaired) electrons. The monoisotopic (exact) mass is 503 g/mol. The quantitative estimate of drug-likeness (QED) is 0.349. The lowest BCUT2D eigenvalue weighted by Gasteiger charge is -2.36. The third kappa shape index (κ3) is 13.7. The number of benzene rings is 2. The highest BCUT2D eigenvalue weighted by Gasteiger charge is 2.18. The molecular weight excluding hydrogens is 470 g/mol. The van der Waals surface area contributed by atoms with Gasteiger partial charge in [0.1, 0.15) is 0 Å². The SMILES string of the molecule is CC(CN1CCN(CCc2ccccc2)CC1)Nc1ccccc1.O=C(O)C(=O)O.O=C(O)C(=O)O. The summed E-state index contributed by atoms with van der Waals surface area (Å²) in [6, 6.07) is 21.8. The predicted octanol–water partition coefficient (Wildman–Crippen LogP) is 1.66. The highest BCUT2D eigenvalue weighted by molar-refractivity contribution is 6.27. The van der Waals surface area contributed by atoms with E-state index in [0.717, 1.165) is 13.0 Å². The molecule has 1 fully saturated rings. The molecule has 1 saturated heterocycles. The maximum atomic E-state index is 9.10. The van der Waals surface area contributed by atoms with Gasteiger partial charge in [-0.2, -0.15) is 0 Å². The van der Waals surface area contributed by atoms with Crippen molar-refractivity contribution >= 4 is 29.6 Å². The Hall–Kier alpha value is -3.96. The van der Waals surface area contributed by atoms with E-state index in [4.69, 9.17) is 39.6 Å². The fourth-order valence-electron chi connectivity index (χ4n) is 3.38. The average Bonchev–Trinajstić information content (AvgIpc) is 2.85. The summed E-state index contributed by atoms with van der Waals surface area (Å²) < 4.78 is 0. The van der Waals surface area contributed by atoms with Gasteiger partial charge in [0.15, 0.2) is 0 Å². The van der Waals surface area contributed by atoms with Gasteiger partial charge < -0.3 is 30.6 Å². The molecule has 11 nitrogen and oxygen atoms in total. The maximum Gasteiger partial charge on any atom is 0.414 e. The minimum atomic E-state index is -1.82. The second-order valence-electron chi connectivity index (χ2n) is 8.01. The zero-order valence-corrected chi connectivity index (χ0v) is 20.1. The highest BCUT2D eigenvalue weighted by atomic mass is 16.4. The first kappa shape index (κ1) is 30.1.